The fourth-order valence-corrected chi connectivity index (χ4v) is 0.609. The van der Waals surface area contributed by atoms with Crippen LogP contribution < -0.4 is 0 Å². The van der Waals surface area contributed by atoms with Crippen molar-refractivity contribution in [2.24, 2.45) is 0 Å². The minimum atomic E-state index is -0.382. The highest BCUT2D eigenvalue weighted by molar-refractivity contribution is 5.78. The fraction of sp³-hybridized carbons (Fsp3) is 0.500. The van der Waals surface area contributed by atoms with Crippen LogP contribution in [0, 0.1) is 0 Å². The second kappa shape index (κ2) is 2.19. The molecule has 1 aliphatic heterocycles. The normalized spacial score (nSPS) is 31.2. The molecule has 50 valence electrons. The standard InChI is InChI=1S/C6H8O3/c1-3-4-5(9-4)6(7)8-2/h3-5H,1H2,2H3. The lowest BCUT2D eigenvalue weighted by Crippen LogP contribution is -2.10. The Morgan fingerprint density at radius 1 is 1.89 bits per heavy atom. The Kier molecular flexibility index (Phi) is 1.53. The summed E-state index contributed by atoms with van der Waals surface area (Å²) in [6.07, 6.45) is 1.09. The average Bonchev–Trinajstić information content (AvgIpc) is 2.64. The van der Waals surface area contributed by atoms with E-state index in [9.17, 15) is 4.79 Å². The Balaban J connectivity index is 2.33. The predicted octanol–water partition coefficient (Wildman–Crippen LogP) is 0.113. The quantitative estimate of drug-likeness (QED) is 0.301. The van der Waals surface area contributed by atoms with E-state index in [2.05, 4.69) is 11.3 Å². The van der Waals surface area contributed by atoms with E-state index in [4.69, 9.17) is 4.74 Å². The lowest BCUT2D eigenvalue weighted by molar-refractivity contribution is -0.142. The molecule has 0 aromatic heterocycles. The van der Waals surface area contributed by atoms with E-state index in [1.807, 2.05) is 0 Å². The topological polar surface area (TPSA) is 38.8 Å². The van der Waals surface area contributed by atoms with Gasteiger partial charge in [-0.25, -0.2) is 4.79 Å². The summed E-state index contributed by atoms with van der Waals surface area (Å²) in [6, 6.07) is 0. The number of carbonyl (C=O) groups excluding carboxylic acids is 1. The molecule has 0 amide bonds. The van der Waals surface area contributed by atoms with Gasteiger partial charge in [-0.3, -0.25) is 0 Å². The number of carbonyl (C=O) groups is 1. The Hall–Kier alpha value is -0.830. The molecule has 0 spiro atoms. The number of ether oxygens (including phenoxy) is 2. The van der Waals surface area contributed by atoms with E-state index in [1.165, 1.54) is 7.11 Å². The third-order valence-electron chi connectivity index (χ3n) is 1.19. The molecule has 1 rings (SSSR count). The average molecular weight is 128 g/mol. The molecular weight excluding hydrogens is 120 g/mol. The van der Waals surface area contributed by atoms with Gasteiger partial charge in [0.1, 0.15) is 6.10 Å². The van der Waals surface area contributed by atoms with Crippen molar-refractivity contribution in [3.8, 4) is 0 Å². The molecule has 1 aliphatic rings. The van der Waals surface area contributed by atoms with Gasteiger partial charge < -0.3 is 9.47 Å². The number of hydrogen-bond donors (Lipinski definition) is 0. The Morgan fingerprint density at radius 2 is 2.56 bits per heavy atom. The molecule has 0 saturated carbocycles. The molecule has 1 heterocycles. The maximum Gasteiger partial charge on any atom is 0.338 e. The zero-order chi connectivity index (χ0) is 6.85. The molecule has 1 saturated heterocycles. The van der Waals surface area contributed by atoms with Crippen LogP contribution in [0.5, 0.6) is 0 Å². The summed E-state index contributed by atoms with van der Waals surface area (Å²) in [7, 11) is 1.34. The first-order chi connectivity index (χ1) is 4.29. The van der Waals surface area contributed by atoms with Crippen LogP contribution in [0.1, 0.15) is 0 Å². The Bertz CT molecular complexity index is 141. The van der Waals surface area contributed by atoms with Gasteiger partial charge in [0, 0.05) is 0 Å². The third kappa shape index (κ3) is 1.10. The van der Waals surface area contributed by atoms with Crippen LogP contribution in [0.2, 0.25) is 0 Å². The number of hydrogen-bond acceptors (Lipinski definition) is 3. The molecule has 2 atom stereocenters. The zero-order valence-electron chi connectivity index (χ0n) is 5.16. The van der Waals surface area contributed by atoms with E-state index in [1.54, 1.807) is 6.08 Å². The Labute approximate surface area is 53.3 Å². The van der Waals surface area contributed by atoms with Crippen LogP contribution in [-0.2, 0) is 14.3 Å². The van der Waals surface area contributed by atoms with Crippen molar-refractivity contribution in [3.63, 3.8) is 0 Å². The zero-order valence-corrected chi connectivity index (χ0v) is 5.16. The van der Waals surface area contributed by atoms with Gasteiger partial charge in [0.2, 0.25) is 0 Å². The molecule has 0 aromatic carbocycles. The summed E-state index contributed by atoms with van der Waals surface area (Å²) in [6.45, 7) is 3.46. The molecule has 0 aliphatic carbocycles. The molecule has 0 aromatic rings. The molecule has 9 heavy (non-hydrogen) atoms. The molecule has 0 N–H and O–H groups in total. The van der Waals surface area contributed by atoms with Gasteiger partial charge in [0.15, 0.2) is 6.10 Å². The van der Waals surface area contributed by atoms with Crippen molar-refractivity contribution < 1.29 is 14.3 Å². The largest absolute Gasteiger partial charge is 0.467 e. The summed E-state index contributed by atoms with van der Waals surface area (Å²) in [5.41, 5.74) is 0. The number of methoxy groups -OCH3 is 1. The highest BCUT2D eigenvalue weighted by atomic mass is 16.6. The molecule has 0 bridgehead atoms. The maximum atomic E-state index is 10.5. The monoisotopic (exact) mass is 128 g/mol. The van der Waals surface area contributed by atoms with Gasteiger partial charge in [0.05, 0.1) is 7.11 Å². The van der Waals surface area contributed by atoms with Crippen LogP contribution in [0.3, 0.4) is 0 Å². The van der Waals surface area contributed by atoms with Gasteiger partial charge in [-0.15, -0.1) is 6.58 Å². The summed E-state index contributed by atoms with van der Waals surface area (Å²) < 4.78 is 9.22. The van der Waals surface area contributed by atoms with Crippen LogP contribution >= 0.6 is 0 Å². The smallest absolute Gasteiger partial charge is 0.338 e. The van der Waals surface area contributed by atoms with Gasteiger partial charge in [0.25, 0.3) is 0 Å². The van der Waals surface area contributed by atoms with E-state index < -0.39 is 0 Å². The van der Waals surface area contributed by atoms with E-state index in [0.29, 0.717) is 0 Å². The van der Waals surface area contributed by atoms with Crippen molar-refractivity contribution >= 4 is 5.97 Å². The minimum Gasteiger partial charge on any atom is -0.467 e. The SMILES string of the molecule is C=CC1OC1C(=O)OC. The summed E-state index contributed by atoms with van der Waals surface area (Å²) in [4.78, 5) is 10.5. The van der Waals surface area contributed by atoms with Crippen molar-refractivity contribution in [1.29, 1.82) is 0 Å². The van der Waals surface area contributed by atoms with Crippen LogP contribution in [0.4, 0.5) is 0 Å². The lowest BCUT2D eigenvalue weighted by atomic mass is 10.3. The molecule has 1 fully saturated rings. The van der Waals surface area contributed by atoms with Gasteiger partial charge >= 0.3 is 5.97 Å². The van der Waals surface area contributed by atoms with Crippen LogP contribution in [0.25, 0.3) is 0 Å². The lowest BCUT2D eigenvalue weighted by Gasteiger charge is -1.88. The predicted molar refractivity (Wildman–Crippen MR) is 30.9 cm³/mol. The van der Waals surface area contributed by atoms with Crippen molar-refractivity contribution in [2.45, 2.75) is 12.2 Å². The molecule has 3 nitrogen and oxygen atoms in total. The molecule has 2 unspecified atom stereocenters. The highest BCUT2D eigenvalue weighted by Gasteiger charge is 2.43. The molecular formula is C6H8O3. The van der Waals surface area contributed by atoms with E-state index in [0.717, 1.165) is 0 Å². The van der Waals surface area contributed by atoms with Crippen molar-refractivity contribution in [1.82, 2.24) is 0 Å². The summed E-state index contributed by atoms with van der Waals surface area (Å²) in [5, 5.41) is 0. The van der Waals surface area contributed by atoms with Gasteiger partial charge in [-0.2, -0.15) is 0 Å². The number of rotatable bonds is 2. The Morgan fingerprint density at radius 3 is 2.89 bits per heavy atom. The van der Waals surface area contributed by atoms with Gasteiger partial charge in [-0.05, 0) is 0 Å². The number of esters is 1. The summed E-state index contributed by atoms with van der Waals surface area (Å²) >= 11 is 0. The number of epoxide rings is 1. The molecule has 0 radical (unpaired) electrons. The summed E-state index contributed by atoms with van der Waals surface area (Å²) in [5.74, 6) is -0.320. The first-order valence-corrected chi connectivity index (χ1v) is 2.65. The van der Waals surface area contributed by atoms with Crippen LogP contribution in [-0.4, -0.2) is 25.3 Å². The minimum absolute atomic E-state index is 0.113. The first kappa shape index (κ1) is 6.29. The van der Waals surface area contributed by atoms with Crippen LogP contribution in [0.15, 0.2) is 12.7 Å². The first-order valence-electron chi connectivity index (χ1n) is 2.65. The fourth-order valence-electron chi connectivity index (χ4n) is 0.609. The second-order valence-corrected chi connectivity index (χ2v) is 1.78. The van der Waals surface area contributed by atoms with E-state index >= 15 is 0 Å². The van der Waals surface area contributed by atoms with Crippen molar-refractivity contribution in [2.75, 3.05) is 7.11 Å². The highest BCUT2D eigenvalue weighted by Crippen LogP contribution is 2.23. The second-order valence-electron chi connectivity index (χ2n) is 1.78. The van der Waals surface area contributed by atoms with Crippen molar-refractivity contribution in [3.05, 3.63) is 12.7 Å². The molecule has 3 heteroatoms. The van der Waals surface area contributed by atoms with E-state index in [-0.39, 0.29) is 18.2 Å². The maximum absolute atomic E-state index is 10.5. The van der Waals surface area contributed by atoms with Gasteiger partial charge in [-0.1, -0.05) is 6.08 Å². The third-order valence-corrected chi connectivity index (χ3v) is 1.19.